The molecule has 4 nitrogen and oxygen atoms in total. The number of hydrogen-bond acceptors (Lipinski definition) is 3. The maximum absolute atomic E-state index is 12.0. The molecule has 0 aliphatic heterocycles. The molecule has 0 bridgehead atoms. The van der Waals surface area contributed by atoms with Crippen LogP contribution in [0.2, 0.25) is 0 Å². The molecule has 0 saturated carbocycles. The highest BCUT2D eigenvalue weighted by molar-refractivity contribution is 6.23. The smallest absolute Gasteiger partial charge is 0.407 e. The number of alkyl carbamates (subject to hydrolysis) is 1. The van der Waals surface area contributed by atoms with Crippen molar-refractivity contribution >= 4 is 38.4 Å². The Morgan fingerprint density at radius 3 is 2.29 bits per heavy atom. The zero-order valence-corrected chi connectivity index (χ0v) is 16.0. The average Bonchev–Trinajstić information content (AvgIpc) is 2.73. The van der Waals surface area contributed by atoms with Gasteiger partial charge in [0, 0.05) is 6.54 Å². The van der Waals surface area contributed by atoms with Gasteiger partial charge in [-0.3, -0.25) is 0 Å². The Kier molecular flexibility index (Phi) is 5.58. The molecule has 3 N–H and O–H groups in total. The molecule has 4 rings (SSSR count). The van der Waals surface area contributed by atoms with E-state index in [0.29, 0.717) is 6.54 Å². The third-order valence-electron chi connectivity index (χ3n) is 5.38. The van der Waals surface area contributed by atoms with E-state index in [9.17, 15) is 4.79 Å². The summed E-state index contributed by atoms with van der Waals surface area (Å²) >= 11 is 0. The number of nitrogens with two attached hydrogens (primary N) is 1. The summed E-state index contributed by atoms with van der Waals surface area (Å²) in [5.41, 5.74) is 6.52. The lowest BCUT2D eigenvalue weighted by molar-refractivity contribution is 0.140. The first-order valence-electron chi connectivity index (χ1n) is 10.0. The Morgan fingerprint density at radius 1 is 0.821 bits per heavy atom. The largest absolute Gasteiger partial charge is 0.445 e. The van der Waals surface area contributed by atoms with Crippen LogP contribution < -0.4 is 11.1 Å². The molecule has 1 amide bonds. The predicted octanol–water partition coefficient (Wildman–Crippen LogP) is 5.33. The summed E-state index contributed by atoms with van der Waals surface area (Å²) in [7, 11) is 0. The highest BCUT2D eigenvalue weighted by Gasteiger charge is 2.11. The van der Waals surface area contributed by atoms with Gasteiger partial charge in [-0.2, -0.15) is 0 Å². The van der Waals surface area contributed by atoms with Crippen LogP contribution in [0.4, 0.5) is 4.79 Å². The summed E-state index contributed by atoms with van der Waals surface area (Å²) < 4.78 is 5.48. The molecule has 0 atom stereocenters. The molecule has 144 valence electrons. The van der Waals surface area contributed by atoms with E-state index >= 15 is 0 Å². The SMILES string of the molecule is NCCCCCCNC(=O)OCc1ccc2ccc3cccc4ccc1c2c34. The number of ether oxygens (including phenoxy) is 1. The van der Waals surface area contributed by atoms with Gasteiger partial charge < -0.3 is 15.8 Å². The Morgan fingerprint density at radius 2 is 1.50 bits per heavy atom. The molecule has 0 aromatic heterocycles. The van der Waals surface area contributed by atoms with E-state index in [0.717, 1.165) is 43.2 Å². The van der Waals surface area contributed by atoms with Gasteiger partial charge in [0.25, 0.3) is 0 Å². The number of rotatable bonds is 8. The first kappa shape index (κ1) is 18.5. The van der Waals surface area contributed by atoms with Crippen LogP contribution in [0.5, 0.6) is 0 Å². The van der Waals surface area contributed by atoms with E-state index in [-0.39, 0.29) is 12.7 Å². The maximum atomic E-state index is 12.0. The van der Waals surface area contributed by atoms with E-state index in [2.05, 4.69) is 59.9 Å². The number of amides is 1. The van der Waals surface area contributed by atoms with Crippen LogP contribution in [-0.2, 0) is 11.3 Å². The Balaban J connectivity index is 1.46. The molecule has 4 aromatic carbocycles. The summed E-state index contributed by atoms with van der Waals surface area (Å²) in [6.45, 7) is 1.64. The second-order valence-corrected chi connectivity index (χ2v) is 7.29. The fourth-order valence-corrected chi connectivity index (χ4v) is 3.93. The number of nitrogens with one attached hydrogen (secondary N) is 1. The van der Waals surface area contributed by atoms with Gasteiger partial charge in [-0.1, -0.05) is 67.4 Å². The first-order valence-corrected chi connectivity index (χ1v) is 10.0. The Labute approximate surface area is 165 Å². The lowest BCUT2D eigenvalue weighted by Gasteiger charge is -2.14. The average molecular weight is 374 g/mol. The van der Waals surface area contributed by atoms with E-state index < -0.39 is 0 Å². The molecule has 4 aromatic rings. The van der Waals surface area contributed by atoms with Crippen molar-refractivity contribution in [2.75, 3.05) is 13.1 Å². The molecule has 0 heterocycles. The molecule has 0 aliphatic rings. The van der Waals surface area contributed by atoms with Crippen molar-refractivity contribution in [2.24, 2.45) is 5.73 Å². The summed E-state index contributed by atoms with van der Waals surface area (Å²) in [6, 6.07) is 19.2. The van der Waals surface area contributed by atoms with Gasteiger partial charge in [-0.15, -0.1) is 0 Å². The van der Waals surface area contributed by atoms with Gasteiger partial charge >= 0.3 is 6.09 Å². The molecule has 0 saturated heterocycles. The Hall–Kier alpha value is -2.85. The zero-order chi connectivity index (χ0) is 19.3. The summed E-state index contributed by atoms with van der Waals surface area (Å²) in [5, 5.41) is 10.2. The standard InChI is InChI=1S/C24H26N2O2/c25-14-3-1-2-4-15-26-24(27)28-16-20-11-10-19-9-8-17-6-5-7-18-12-13-21(20)23(19)22(17)18/h5-13H,1-4,14-16,25H2,(H,26,27). The number of carbonyl (C=O) groups excluding carboxylic acids is 1. The van der Waals surface area contributed by atoms with Crippen LogP contribution in [0, 0.1) is 0 Å². The van der Waals surface area contributed by atoms with Gasteiger partial charge in [0.05, 0.1) is 0 Å². The molecule has 0 spiro atoms. The second kappa shape index (κ2) is 8.44. The minimum Gasteiger partial charge on any atom is -0.445 e. The van der Waals surface area contributed by atoms with Crippen molar-refractivity contribution in [3.05, 3.63) is 60.2 Å². The van der Waals surface area contributed by atoms with Gasteiger partial charge in [-0.25, -0.2) is 4.79 Å². The Bertz CT molecular complexity index is 1070. The molecule has 4 heteroatoms. The zero-order valence-electron chi connectivity index (χ0n) is 16.0. The van der Waals surface area contributed by atoms with Crippen molar-refractivity contribution in [3.63, 3.8) is 0 Å². The first-order chi connectivity index (χ1) is 13.8. The maximum Gasteiger partial charge on any atom is 0.407 e. The number of unbranched alkanes of at least 4 members (excludes halogenated alkanes) is 3. The van der Waals surface area contributed by atoms with Crippen LogP contribution in [0.1, 0.15) is 31.2 Å². The molecule has 0 fully saturated rings. The predicted molar refractivity (Wildman–Crippen MR) is 116 cm³/mol. The van der Waals surface area contributed by atoms with Crippen LogP contribution in [-0.4, -0.2) is 19.2 Å². The van der Waals surface area contributed by atoms with Gasteiger partial charge in [0.15, 0.2) is 0 Å². The van der Waals surface area contributed by atoms with Gasteiger partial charge in [0.1, 0.15) is 6.61 Å². The molecular weight excluding hydrogens is 348 g/mol. The molecular formula is C24H26N2O2. The topological polar surface area (TPSA) is 64.3 Å². The number of benzene rings is 4. The molecule has 0 radical (unpaired) electrons. The normalized spacial score (nSPS) is 11.5. The van der Waals surface area contributed by atoms with E-state index in [1.807, 2.05) is 0 Å². The van der Waals surface area contributed by atoms with Crippen molar-refractivity contribution in [1.82, 2.24) is 5.32 Å². The van der Waals surface area contributed by atoms with Gasteiger partial charge in [-0.05, 0) is 57.3 Å². The van der Waals surface area contributed by atoms with Crippen LogP contribution in [0.15, 0.2) is 54.6 Å². The second-order valence-electron chi connectivity index (χ2n) is 7.29. The monoisotopic (exact) mass is 374 g/mol. The van der Waals surface area contributed by atoms with Crippen LogP contribution in [0.3, 0.4) is 0 Å². The van der Waals surface area contributed by atoms with Crippen molar-refractivity contribution in [1.29, 1.82) is 0 Å². The number of hydrogen-bond donors (Lipinski definition) is 2. The lowest BCUT2D eigenvalue weighted by Crippen LogP contribution is -2.25. The summed E-state index contributed by atoms with van der Waals surface area (Å²) in [6.07, 6.45) is 3.82. The van der Waals surface area contributed by atoms with Crippen molar-refractivity contribution < 1.29 is 9.53 Å². The third-order valence-corrected chi connectivity index (χ3v) is 5.38. The third kappa shape index (κ3) is 3.73. The minimum absolute atomic E-state index is 0.271. The van der Waals surface area contributed by atoms with E-state index in [1.165, 1.54) is 26.9 Å². The summed E-state index contributed by atoms with van der Waals surface area (Å²) in [5.74, 6) is 0. The fraction of sp³-hybridized carbons (Fsp3) is 0.292. The van der Waals surface area contributed by atoms with Gasteiger partial charge in [0.2, 0.25) is 0 Å². The highest BCUT2D eigenvalue weighted by atomic mass is 16.5. The molecule has 0 aliphatic carbocycles. The highest BCUT2D eigenvalue weighted by Crippen LogP contribution is 2.36. The quantitative estimate of drug-likeness (QED) is 0.324. The van der Waals surface area contributed by atoms with E-state index in [1.54, 1.807) is 0 Å². The molecule has 0 unspecified atom stereocenters. The fourth-order valence-electron chi connectivity index (χ4n) is 3.93. The number of carbonyl (C=O) groups is 1. The molecule has 28 heavy (non-hydrogen) atoms. The lowest BCUT2D eigenvalue weighted by atomic mass is 9.92. The van der Waals surface area contributed by atoms with E-state index in [4.69, 9.17) is 10.5 Å². The van der Waals surface area contributed by atoms with Crippen molar-refractivity contribution in [3.8, 4) is 0 Å². The van der Waals surface area contributed by atoms with Crippen LogP contribution >= 0.6 is 0 Å². The minimum atomic E-state index is -0.357. The van der Waals surface area contributed by atoms with Crippen LogP contribution in [0.25, 0.3) is 32.3 Å². The van der Waals surface area contributed by atoms with Crippen molar-refractivity contribution in [2.45, 2.75) is 32.3 Å². The summed E-state index contributed by atoms with van der Waals surface area (Å²) in [4.78, 5) is 12.0.